The van der Waals surface area contributed by atoms with E-state index in [9.17, 15) is 4.79 Å². The van der Waals surface area contributed by atoms with E-state index in [2.05, 4.69) is 15.6 Å². The first-order valence-electron chi connectivity index (χ1n) is 5.27. The maximum Gasteiger partial charge on any atom is 0.321 e. The van der Waals surface area contributed by atoms with Crippen molar-refractivity contribution in [1.29, 1.82) is 10.7 Å². The van der Waals surface area contributed by atoms with E-state index < -0.39 is 6.03 Å². The Morgan fingerprint density at radius 1 is 1.58 bits per heavy atom. The molecule has 8 heteroatoms. The summed E-state index contributed by atoms with van der Waals surface area (Å²) >= 11 is 1.27. The van der Waals surface area contributed by atoms with Gasteiger partial charge in [-0.1, -0.05) is 11.3 Å². The summed E-state index contributed by atoms with van der Waals surface area (Å²) in [5.74, 6) is -0.127. The SMILES string of the molecule is N#Cc1ccc2nc(NC(=O)NCC(=N)N)sc2c1. The molecule has 0 fully saturated rings. The fourth-order valence-corrected chi connectivity index (χ4v) is 2.26. The Kier molecular flexibility index (Phi) is 3.58. The van der Waals surface area contributed by atoms with Crippen LogP contribution in [0.2, 0.25) is 0 Å². The third-order valence-corrected chi connectivity index (χ3v) is 3.11. The van der Waals surface area contributed by atoms with Crippen molar-refractivity contribution in [1.82, 2.24) is 10.3 Å². The molecule has 1 aromatic carbocycles. The Hall–Kier alpha value is -2.66. The van der Waals surface area contributed by atoms with Crippen molar-refractivity contribution in [2.24, 2.45) is 5.73 Å². The van der Waals surface area contributed by atoms with E-state index in [-0.39, 0.29) is 12.4 Å². The number of amides is 2. The number of hydrogen-bond acceptors (Lipinski definition) is 5. The highest BCUT2D eigenvalue weighted by molar-refractivity contribution is 7.22. The molecular weight excluding hydrogens is 264 g/mol. The van der Waals surface area contributed by atoms with Crippen LogP contribution in [0.4, 0.5) is 9.93 Å². The van der Waals surface area contributed by atoms with Crippen molar-refractivity contribution in [2.45, 2.75) is 0 Å². The van der Waals surface area contributed by atoms with Crippen molar-refractivity contribution in [3.8, 4) is 6.07 Å². The zero-order chi connectivity index (χ0) is 13.8. The van der Waals surface area contributed by atoms with Gasteiger partial charge in [0.05, 0.1) is 28.4 Å². The highest BCUT2D eigenvalue weighted by Gasteiger charge is 2.08. The second-order valence-corrected chi connectivity index (χ2v) is 4.68. The fourth-order valence-electron chi connectivity index (χ4n) is 1.36. The van der Waals surface area contributed by atoms with Crippen molar-refractivity contribution in [3.05, 3.63) is 23.8 Å². The molecule has 1 aromatic heterocycles. The number of aromatic nitrogens is 1. The van der Waals surface area contributed by atoms with Gasteiger partial charge in [-0.05, 0) is 18.2 Å². The topological polar surface area (TPSA) is 128 Å². The second-order valence-electron chi connectivity index (χ2n) is 3.65. The molecule has 2 amide bonds. The minimum absolute atomic E-state index is 0.0185. The molecule has 0 spiro atoms. The lowest BCUT2D eigenvalue weighted by molar-refractivity contribution is 0.253. The van der Waals surface area contributed by atoms with Gasteiger partial charge in [0.15, 0.2) is 5.13 Å². The van der Waals surface area contributed by atoms with Crippen molar-refractivity contribution in [3.63, 3.8) is 0 Å². The molecule has 0 saturated heterocycles. The number of carbonyl (C=O) groups excluding carboxylic acids is 1. The number of rotatable bonds is 3. The van der Waals surface area contributed by atoms with Crippen LogP contribution in [0, 0.1) is 16.7 Å². The maximum atomic E-state index is 11.5. The van der Waals surface area contributed by atoms with E-state index >= 15 is 0 Å². The molecule has 0 unspecified atom stereocenters. The molecule has 96 valence electrons. The van der Waals surface area contributed by atoms with Crippen LogP contribution in [-0.4, -0.2) is 23.4 Å². The number of amidine groups is 1. The number of benzene rings is 1. The normalized spacial score (nSPS) is 9.84. The number of anilines is 1. The lowest BCUT2D eigenvalue weighted by Gasteiger charge is -2.02. The lowest BCUT2D eigenvalue weighted by atomic mass is 10.2. The maximum absolute atomic E-state index is 11.5. The van der Waals surface area contributed by atoms with Gasteiger partial charge >= 0.3 is 6.03 Å². The van der Waals surface area contributed by atoms with Crippen LogP contribution in [0.1, 0.15) is 5.56 Å². The van der Waals surface area contributed by atoms with Crippen molar-refractivity contribution >= 4 is 38.6 Å². The molecule has 1 heterocycles. The molecule has 0 aliphatic carbocycles. The number of nitriles is 1. The van der Waals surface area contributed by atoms with Crippen LogP contribution in [0.15, 0.2) is 18.2 Å². The molecule has 0 aliphatic heterocycles. The zero-order valence-corrected chi connectivity index (χ0v) is 10.5. The highest BCUT2D eigenvalue weighted by atomic mass is 32.1. The van der Waals surface area contributed by atoms with Gasteiger partial charge in [-0.2, -0.15) is 5.26 Å². The van der Waals surface area contributed by atoms with Gasteiger partial charge in [-0.25, -0.2) is 9.78 Å². The predicted octanol–water partition coefficient (Wildman–Crippen LogP) is 1.23. The van der Waals surface area contributed by atoms with Crippen LogP contribution in [0.5, 0.6) is 0 Å². The Balaban J connectivity index is 2.11. The van der Waals surface area contributed by atoms with E-state index in [1.807, 2.05) is 6.07 Å². The number of thiazole rings is 1. The Labute approximate surface area is 112 Å². The third kappa shape index (κ3) is 3.17. The molecule has 2 aromatic rings. The van der Waals surface area contributed by atoms with Gasteiger partial charge in [0, 0.05) is 0 Å². The summed E-state index contributed by atoms with van der Waals surface area (Å²) in [6.45, 7) is -0.0185. The zero-order valence-electron chi connectivity index (χ0n) is 9.73. The van der Waals surface area contributed by atoms with E-state index in [1.165, 1.54) is 11.3 Å². The van der Waals surface area contributed by atoms with E-state index in [0.29, 0.717) is 16.2 Å². The molecule has 7 nitrogen and oxygen atoms in total. The van der Waals surface area contributed by atoms with Crippen LogP contribution in [-0.2, 0) is 0 Å². The predicted molar refractivity (Wildman–Crippen MR) is 73.3 cm³/mol. The molecule has 5 N–H and O–H groups in total. The van der Waals surface area contributed by atoms with Crippen molar-refractivity contribution in [2.75, 3.05) is 11.9 Å². The molecule has 0 radical (unpaired) electrons. The Morgan fingerprint density at radius 2 is 2.37 bits per heavy atom. The largest absolute Gasteiger partial charge is 0.386 e. The fraction of sp³-hybridized carbons (Fsp3) is 0.0909. The van der Waals surface area contributed by atoms with Crippen LogP contribution in [0.3, 0.4) is 0 Å². The third-order valence-electron chi connectivity index (χ3n) is 2.18. The quantitative estimate of drug-likeness (QED) is 0.495. The van der Waals surface area contributed by atoms with Crippen molar-refractivity contribution < 1.29 is 4.79 Å². The number of urea groups is 1. The number of nitrogens with one attached hydrogen (secondary N) is 3. The van der Waals surface area contributed by atoms with Gasteiger partial charge in [-0.3, -0.25) is 10.7 Å². The van der Waals surface area contributed by atoms with Crippen LogP contribution >= 0.6 is 11.3 Å². The number of carbonyl (C=O) groups is 1. The Morgan fingerprint density at radius 3 is 3.05 bits per heavy atom. The standard InChI is InChI=1S/C11H10N6OS/c12-4-6-1-2-7-8(3-6)19-11(16-7)17-10(18)15-5-9(13)14/h1-3H,5H2,(H3,13,14)(H2,15,16,17,18). The minimum Gasteiger partial charge on any atom is -0.386 e. The summed E-state index contributed by atoms with van der Waals surface area (Å²) in [6, 6.07) is 6.67. The van der Waals surface area contributed by atoms with E-state index in [1.54, 1.807) is 18.2 Å². The summed E-state index contributed by atoms with van der Waals surface area (Å²) in [4.78, 5) is 15.7. The molecule has 2 rings (SSSR count). The number of fused-ring (bicyclic) bond motifs is 1. The molecule has 0 bridgehead atoms. The smallest absolute Gasteiger partial charge is 0.321 e. The van der Waals surface area contributed by atoms with E-state index in [4.69, 9.17) is 16.4 Å². The van der Waals surface area contributed by atoms with Crippen LogP contribution < -0.4 is 16.4 Å². The Bertz CT molecular complexity index is 686. The molecular formula is C11H10N6OS. The van der Waals surface area contributed by atoms with E-state index in [0.717, 1.165) is 4.70 Å². The van der Waals surface area contributed by atoms with Gasteiger partial charge in [0.1, 0.15) is 5.84 Å². The summed E-state index contributed by atoms with van der Waals surface area (Å²) in [7, 11) is 0. The number of nitrogens with zero attached hydrogens (tertiary/aromatic N) is 2. The summed E-state index contributed by atoms with van der Waals surface area (Å²) in [5.41, 5.74) is 6.38. The number of hydrogen-bond donors (Lipinski definition) is 4. The lowest BCUT2D eigenvalue weighted by Crippen LogP contribution is -2.35. The first kappa shape index (κ1) is 12.8. The summed E-state index contributed by atoms with van der Waals surface area (Å²) in [6.07, 6.45) is 0. The van der Waals surface area contributed by atoms with Gasteiger partial charge < -0.3 is 11.1 Å². The average molecular weight is 274 g/mol. The van der Waals surface area contributed by atoms with Gasteiger partial charge in [-0.15, -0.1) is 0 Å². The number of nitrogens with two attached hydrogens (primary N) is 1. The molecule has 0 saturated carbocycles. The molecule has 0 atom stereocenters. The van der Waals surface area contributed by atoms with Gasteiger partial charge in [0.25, 0.3) is 0 Å². The molecule has 19 heavy (non-hydrogen) atoms. The first-order valence-corrected chi connectivity index (χ1v) is 6.08. The van der Waals surface area contributed by atoms with Gasteiger partial charge in [0.2, 0.25) is 0 Å². The average Bonchev–Trinajstić information content (AvgIpc) is 2.77. The second kappa shape index (κ2) is 5.32. The highest BCUT2D eigenvalue weighted by Crippen LogP contribution is 2.26. The minimum atomic E-state index is -0.477. The van der Waals surface area contributed by atoms with Crippen LogP contribution in [0.25, 0.3) is 10.2 Å². The summed E-state index contributed by atoms with van der Waals surface area (Å²) in [5, 5.41) is 21.2. The summed E-state index contributed by atoms with van der Waals surface area (Å²) < 4.78 is 0.820. The first-order chi connectivity index (χ1) is 9.08. The molecule has 0 aliphatic rings. The monoisotopic (exact) mass is 274 g/mol.